The number of halogens is 2. The smallest absolute Gasteiger partial charge is 0.307 e. The van der Waals surface area contributed by atoms with Crippen LogP contribution in [0.5, 0.6) is 0 Å². The van der Waals surface area contributed by atoms with Gasteiger partial charge in [0.25, 0.3) is 0 Å². The lowest BCUT2D eigenvalue weighted by Crippen LogP contribution is -2.18. The van der Waals surface area contributed by atoms with E-state index in [9.17, 15) is 13.4 Å². The van der Waals surface area contributed by atoms with Crippen LogP contribution in [0.25, 0.3) is 0 Å². The summed E-state index contributed by atoms with van der Waals surface area (Å²) < 4.78 is 25.0. The van der Waals surface area contributed by atoms with Gasteiger partial charge in [0.15, 0.2) is 0 Å². The third kappa shape index (κ3) is 4.44. The Hall–Kier alpha value is -0.940. The summed E-state index contributed by atoms with van der Waals surface area (Å²) in [5.41, 5.74) is 0.283. The lowest BCUT2D eigenvalue weighted by molar-refractivity contribution is -0.140. The van der Waals surface area contributed by atoms with Crippen molar-refractivity contribution >= 4 is 28.4 Å². The van der Waals surface area contributed by atoms with Crippen molar-refractivity contribution in [3.63, 3.8) is 0 Å². The second kappa shape index (κ2) is 6.12. The van der Waals surface area contributed by atoms with E-state index in [1.165, 1.54) is 19.1 Å². The Balaban J connectivity index is 2.65. The Labute approximate surface area is 106 Å². The Morgan fingerprint density at radius 2 is 2.24 bits per heavy atom. The molecule has 1 aromatic rings. The van der Waals surface area contributed by atoms with Crippen molar-refractivity contribution in [2.75, 3.05) is 5.75 Å². The number of carboxylic acids is 1. The van der Waals surface area contributed by atoms with Gasteiger partial charge in [0.2, 0.25) is 0 Å². The third-order valence-corrected chi connectivity index (χ3v) is 3.93. The van der Waals surface area contributed by atoms with Crippen LogP contribution in [0.2, 0.25) is 5.02 Å². The van der Waals surface area contributed by atoms with Gasteiger partial charge in [-0.25, -0.2) is 4.39 Å². The van der Waals surface area contributed by atoms with Crippen LogP contribution in [-0.4, -0.2) is 21.0 Å². The van der Waals surface area contributed by atoms with Crippen molar-refractivity contribution in [2.45, 2.75) is 12.7 Å². The number of rotatable bonds is 5. The predicted molar refractivity (Wildman–Crippen MR) is 64.9 cm³/mol. The SMILES string of the molecule is CC(CS(=O)Cc1ccc(Cl)cc1F)C(=O)O. The summed E-state index contributed by atoms with van der Waals surface area (Å²) >= 11 is 5.59. The summed E-state index contributed by atoms with van der Waals surface area (Å²) in [4.78, 5) is 10.6. The summed E-state index contributed by atoms with van der Waals surface area (Å²) in [6.45, 7) is 1.47. The number of carboxylic acid groups (broad SMARTS) is 1. The first kappa shape index (κ1) is 14.1. The van der Waals surface area contributed by atoms with Crippen molar-refractivity contribution in [1.29, 1.82) is 0 Å². The Bertz CT molecular complexity index is 450. The topological polar surface area (TPSA) is 54.4 Å². The molecule has 0 bridgehead atoms. The molecule has 3 nitrogen and oxygen atoms in total. The van der Waals surface area contributed by atoms with Crippen molar-refractivity contribution in [2.24, 2.45) is 5.92 Å². The highest BCUT2D eigenvalue weighted by Gasteiger charge is 2.16. The molecule has 17 heavy (non-hydrogen) atoms. The number of hydrogen-bond donors (Lipinski definition) is 1. The van der Waals surface area contributed by atoms with E-state index >= 15 is 0 Å². The molecule has 0 spiro atoms. The van der Waals surface area contributed by atoms with E-state index in [0.717, 1.165) is 6.07 Å². The van der Waals surface area contributed by atoms with Crippen molar-refractivity contribution in [3.05, 3.63) is 34.6 Å². The van der Waals surface area contributed by atoms with E-state index in [1.54, 1.807) is 0 Å². The normalized spacial score (nSPS) is 14.3. The molecule has 0 amide bonds. The molecule has 0 aliphatic heterocycles. The van der Waals surface area contributed by atoms with Gasteiger partial charge in [0.1, 0.15) is 5.82 Å². The van der Waals surface area contributed by atoms with Gasteiger partial charge in [-0.1, -0.05) is 24.6 Å². The molecule has 1 N–H and O–H groups in total. The zero-order valence-electron chi connectivity index (χ0n) is 9.15. The second-order valence-corrected chi connectivity index (χ2v) is 5.66. The second-order valence-electron chi connectivity index (χ2n) is 3.73. The largest absolute Gasteiger partial charge is 0.481 e. The van der Waals surface area contributed by atoms with Gasteiger partial charge in [0.05, 0.1) is 11.7 Å². The van der Waals surface area contributed by atoms with Crippen LogP contribution in [0.3, 0.4) is 0 Å². The van der Waals surface area contributed by atoms with Crippen LogP contribution in [0, 0.1) is 11.7 Å². The summed E-state index contributed by atoms with van der Waals surface area (Å²) in [6, 6.07) is 4.12. The van der Waals surface area contributed by atoms with Gasteiger partial charge < -0.3 is 5.11 Å². The first-order valence-corrected chi connectivity index (χ1v) is 6.78. The number of carbonyl (C=O) groups is 1. The fraction of sp³-hybridized carbons (Fsp3) is 0.364. The highest BCUT2D eigenvalue weighted by Crippen LogP contribution is 2.16. The Morgan fingerprint density at radius 1 is 1.59 bits per heavy atom. The molecular formula is C11H12ClFO3S. The quantitative estimate of drug-likeness (QED) is 0.900. The van der Waals surface area contributed by atoms with Crippen LogP contribution >= 0.6 is 11.6 Å². The van der Waals surface area contributed by atoms with Crippen molar-refractivity contribution in [1.82, 2.24) is 0 Å². The molecule has 0 radical (unpaired) electrons. The molecule has 0 saturated carbocycles. The summed E-state index contributed by atoms with van der Waals surface area (Å²) in [5.74, 6) is -2.21. The molecule has 0 saturated heterocycles. The molecule has 1 aromatic carbocycles. The zero-order valence-corrected chi connectivity index (χ0v) is 10.7. The fourth-order valence-electron chi connectivity index (χ4n) is 1.22. The monoisotopic (exact) mass is 278 g/mol. The summed E-state index contributed by atoms with van der Waals surface area (Å²) in [7, 11) is -1.40. The van der Waals surface area contributed by atoms with Gasteiger partial charge in [-0.3, -0.25) is 9.00 Å². The highest BCUT2D eigenvalue weighted by atomic mass is 35.5. The summed E-state index contributed by atoms with van der Waals surface area (Å²) in [6.07, 6.45) is 0. The molecule has 0 aliphatic rings. The summed E-state index contributed by atoms with van der Waals surface area (Å²) in [5, 5.41) is 8.94. The molecule has 0 aliphatic carbocycles. The minimum absolute atomic E-state index is 0.000617. The maximum absolute atomic E-state index is 13.4. The molecule has 0 aromatic heterocycles. The van der Waals surface area contributed by atoms with E-state index in [-0.39, 0.29) is 22.1 Å². The number of hydrogen-bond acceptors (Lipinski definition) is 2. The molecule has 2 unspecified atom stereocenters. The minimum atomic E-state index is -1.40. The van der Waals surface area contributed by atoms with Crippen molar-refractivity contribution in [3.8, 4) is 0 Å². The van der Waals surface area contributed by atoms with Crippen LogP contribution in [0.4, 0.5) is 4.39 Å². The van der Waals surface area contributed by atoms with Gasteiger partial charge in [-0.2, -0.15) is 0 Å². The van der Waals surface area contributed by atoms with E-state index in [1.807, 2.05) is 0 Å². The Kier molecular flexibility index (Phi) is 5.08. The van der Waals surface area contributed by atoms with Gasteiger partial charge >= 0.3 is 5.97 Å². The van der Waals surface area contributed by atoms with Crippen LogP contribution in [0.1, 0.15) is 12.5 Å². The average molecular weight is 279 g/mol. The standard InChI is InChI=1S/C11H12ClFO3S/c1-7(11(14)15)5-17(16)6-8-2-3-9(12)4-10(8)13/h2-4,7H,5-6H2,1H3,(H,14,15). The van der Waals surface area contributed by atoms with Gasteiger partial charge in [-0.05, 0) is 12.1 Å². The minimum Gasteiger partial charge on any atom is -0.481 e. The number of aliphatic carboxylic acids is 1. The van der Waals surface area contributed by atoms with E-state index in [4.69, 9.17) is 16.7 Å². The molecule has 6 heteroatoms. The van der Waals surface area contributed by atoms with Crippen LogP contribution in [-0.2, 0) is 21.3 Å². The van der Waals surface area contributed by atoms with Crippen LogP contribution in [0.15, 0.2) is 18.2 Å². The van der Waals surface area contributed by atoms with E-state index in [2.05, 4.69) is 0 Å². The average Bonchev–Trinajstić information content (AvgIpc) is 2.22. The predicted octanol–water partition coefficient (Wildman–Crippen LogP) is 2.45. The van der Waals surface area contributed by atoms with Gasteiger partial charge in [-0.15, -0.1) is 0 Å². The first-order valence-electron chi connectivity index (χ1n) is 4.92. The molecular weight excluding hydrogens is 267 g/mol. The van der Waals surface area contributed by atoms with E-state index in [0.29, 0.717) is 0 Å². The molecule has 1 rings (SSSR count). The maximum atomic E-state index is 13.4. The van der Waals surface area contributed by atoms with Crippen molar-refractivity contribution < 1.29 is 18.5 Å². The first-order chi connectivity index (χ1) is 7.90. The van der Waals surface area contributed by atoms with Gasteiger partial charge in [0, 0.05) is 27.1 Å². The zero-order chi connectivity index (χ0) is 13.0. The third-order valence-electron chi connectivity index (χ3n) is 2.19. The molecule has 94 valence electrons. The fourth-order valence-corrected chi connectivity index (χ4v) is 2.78. The highest BCUT2D eigenvalue weighted by molar-refractivity contribution is 7.84. The lowest BCUT2D eigenvalue weighted by atomic mass is 10.2. The molecule has 2 atom stereocenters. The molecule has 0 heterocycles. The molecule has 0 fully saturated rings. The Morgan fingerprint density at radius 3 is 2.76 bits per heavy atom. The van der Waals surface area contributed by atoms with Crippen LogP contribution < -0.4 is 0 Å². The maximum Gasteiger partial charge on any atom is 0.307 e. The van der Waals surface area contributed by atoms with E-state index < -0.39 is 28.5 Å². The lowest BCUT2D eigenvalue weighted by Gasteiger charge is -2.07. The number of benzene rings is 1.